The lowest BCUT2D eigenvalue weighted by Gasteiger charge is -2.29. The summed E-state index contributed by atoms with van der Waals surface area (Å²) in [6, 6.07) is 3.54. The topological polar surface area (TPSA) is 87.7 Å². The highest BCUT2D eigenvalue weighted by molar-refractivity contribution is 5.53. The number of aromatic amines is 1. The fourth-order valence-corrected chi connectivity index (χ4v) is 3.33. The number of nitrogens with one attached hydrogen (secondary N) is 1. The SMILES string of the molecule is COc1cc(CN2CCc3c(nc(C(C)(C)C)[nH]c3=O)C2)cc(O)c1OC. The van der Waals surface area contributed by atoms with Crippen LogP contribution in [0.25, 0.3) is 0 Å². The number of rotatable bonds is 4. The van der Waals surface area contributed by atoms with Crippen LogP contribution in [0.4, 0.5) is 0 Å². The van der Waals surface area contributed by atoms with E-state index in [1.54, 1.807) is 13.2 Å². The van der Waals surface area contributed by atoms with E-state index in [0.717, 1.165) is 23.4 Å². The van der Waals surface area contributed by atoms with Gasteiger partial charge in [-0.3, -0.25) is 9.69 Å². The Bertz CT molecular complexity index is 899. The van der Waals surface area contributed by atoms with Gasteiger partial charge >= 0.3 is 0 Å². The Morgan fingerprint density at radius 1 is 1.26 bits per heavy atom. The third-order valence-corrected chi connectivity index (χ3v) is 4.79. The molecule has 1 aliphatic rings. The minimum atomic E-state index is -0.217. The molecule has 2 N–H and O–H groups in total. The van der Waals surface area contributed by atoms with Crippen molar-refractivity contribution in [3.8, 4) is 17.2 Å². The number of H-pyrrole nitrogens is 1. The van der Waals surface area contributed by atoms with Crippen LogP contribution in [0.5, 0.6) is 17.2 Å². The van der Waals surface area contributed by atoms with Crippen molar-refractivity contribution in [2.45, 2.75) is 45.7 Å². The molecule has 0 amide bonds. The minimum absolute atomic E-state index is 0.0339. The molecule has 0 radical (unpaired) electrons. The molecule has 2 heterocycles. The second kappa shape index (κ2) is 7.23. The zero-order valence-corrected chi connectivity index (χ0v) is 16.5. The van der Waals surface area contributed by atoms with Crippen LogP contribution in [0, 0.1) is 0 Å². The van der Waals surface area contributed by atoms with Gasteiger partial charge in [0.1, 0.15) is 5.82 Å². The maximum atomic E-state index is 12.4. The Kier molecular flexibility index (Phi) is 5.15. The molecular weight excluding hydrogens is 346 g/mol. The van der Waals surface area contributed by atoms with Crippen LogP contribution in [-0.2, 0) is 24.9 Å². The minimum Gasteiger partial charge on any atom is -0.504 e. The molecule has 0 fully saturated rings. The first-order valence-corrected chi connectivity index (χ1v) is 9.01. The first-order chi connectivity index (χ1) is 12.7. The first-order valence-electron chi connectivity index (χ1n) is 9.01. The average Bonchev–Trinajstić information content (AvgIpc) is 2.60. The molecule has 146 valence electrons. The van der Waals surface area contributed by atoms with Crippen molar-refractivity contribution >= 4 is 0 Å². The lowest BCUT2D eigenvalue weighted by molar-refractivity contribution is 0.238. The third-order valence-electron chi connectivity index (χ3n) is 4.79. The number of methoxy groups -OCH3 is 2. The highest BCUT2D eigenvalue weighted by atomic mass is 16.5. The van der Waals surface area contributed by atoms with Crippen LogP contribution in [0.3, 0.4) is 0 Å². The Morgan fingerprint density at radius 2 is 2.00 bits per heavy atom. The molecule has 0 spiro atoms. The number of aromatic hydroxyl groups is 1. The number of hydrogen-bond acceptors (Lipinski definition) is 6. The van der Waals surface area contributed by atoms with Gasteiger partial charge in [0.05, 0.1) is 19.9 Å². The molecule has 1 aromatic carbocycles. The van der Waals surface area contributed by atoms with E-state index in [1.807, 2.05) is 26.8 Å². The van der Waals surface area contributed by atoms with E-state index >= 15 is 0 Å². The van der Waals surface area contributed by atoms with E-state index in [1.165, 1.54) is 7.11 Å². The summed E-state index contributed by atoms with van der Waals surface area (Å²) in [4.78, 5) is 22.3. The average molecular weight is 373 g/mol. The van der Waals surface area contributed by atoms with Gasteiger partial charge < -0.3 is 19.6 Å². The zero-order chi connectivity index (χ0) is 19.8. The summed E-state index contributed by atoms with van der Waals surface area (Å²) in [5, 5.41) is 10.2. The van der Waals surface area contributed by atoms with Gasteiger partial charge in [-0.05, 0) is 24.1 Å². The summed E-state index contributed by atoms with van der Waals surface area (Å²) in [6.07, 6.45) is 0.654. The zero-order valence-electron chi connectivity index (χ0n) is 16.5. The summed E-state index contributed by atoms with van der Waals surface area (Å²) in [5.74, 6) is 1.58. The highest BCUT2D eigenvalue weighted by Crippen LogP contribution is 2.37. The molecule has 0 unspecified atom stereocenters. The molecule has 7 heteroatoms. The van der Waals surface area contributed by atoms with Gasteiger partial charge in [-0.15, -0.1) is 0 Å². The van der Waals surface area contributed by atoms with Crippen molar-refractivity contribution in [2.75, 3.05) is 20.8 Å². The summed E-state index contributed by atoms with van der Waals surface area (Å²) < 4.78 is 10.5. The van der Waals surface area contributed by atoms with Crippen molar-refractivity contribution in [1.29, 1.82) is 0 Å². The quantitative estimate of drug-likeness (QED) is 0.855. The first kappa shape index (κ1) is 19.2. The smallest absolute Gasteiger partial charge is 0.254 e. The van der Waals surface area contributed by atoms with Crippen LogP contribution < -0.4 is 15.0 Å². The second-order valence-corrected chi connectivity index (χ2v) is 7.90. The Hall–Kier alpha value is -2.54. The fourth-order valence-electron chi connectivity index (χ4n) is 3.33. The van der Waals surface area contributed by atoms with Crippen molar-refractivity contribution < 1.29 is 14.6 Å². The third kappa shape index (κ3) is 3.93. The lowest BCUT2D eigenvalue weighted by Crippen LogP contribution is -2.36. The molecule has 0 aliphatic carbocycles. The monoisotopic (exact) mass is 373 g/mol. The molecule has 0 atom stereocenters. The maximum Gasteiger partial charge on any atom is 0.254 e. The number of phenols is 1. The van der Waals surface area contributed by atoms with Gasteiger partial charge in [0.2, 0.25) is 5.75 Å². The number of benzene rings is 1. The van der Waals surface area contributed by atoms with E-state index in [4.69, 9.17) is 14.5 Å². The van der Waals surface area contributed by atoms with Crippen molar-refractivity contribution in [3.05, 3.63) is 45.1 Å². The second-order valence-electron chi connectivity index (χ2n) is 7.90. The summed E-state index contributed by atoms with van der Waals surface area (Å²) in [6.45, 7) is 8.06. The van der Waals surface area contributed by atoms with Gasteiger partial charge in [-0.1, -0.05) is 20.8 Å². The van der Waals surface area contributed by atoms with Crippen molar-refractivity contribution in [2.24, 2.45) is 0 Å². The largest absolute Gasteiger partial charge is 0.504 e. The maximum absolute atomic E-state index is 12.4. The Balaban J connectivity index is 1.86. The van der Waals surface area contributed by atoms with E-state index in [2.05, 4.69) is 9.88 Å². The molecule has 1 aliphatic heterocycles. The summed E-state index contributed by atoms with van der Waals surface area (Å²) in [5.41, 5.74) is 2.27. The fraction of sp³-hybridized carbons (Fsp3) is 0.500. The normalized spacial score (nSPS) is 14.7. The van der Waals surface area contributed by atoms with Crippen LogP contribution in [-0.4, -0.2) is 40.7 Å². The number of phenolic OH excluding ortho intramolecular Hbond substituents is 1. The summed E-state index contributed by atoms with van der Waals surface area (Å²) in [7, 11) is 3.04. The molecule has 0 saturated heterocycles. The van der Waals surface area contributed by atoms with E-state index in [-0.39, 0.29) is 16.7 Å². The molecular formula is C20H27N3O4. The van der Waals surface area contributed by atoms with Gasteiger partial charge in [0.15, 0.2) is 11.5 Å². The van der Waals surface area contributed by atoms with E-state index in [9.17, 15) is 9.90 Å². The Morgan fingerprint density at radius 3 is 2.63 bits per heavy atom. The molecule has 0 bridgehead atoms. The van der Waals surface area contributed by atoms with Crippen LogP contribution in [0.2, 0.25) is 0 Å². The van der Waals surface area contributed by atoms with E-state index < -0.39 is 0 Å². The number of fused-ring (bicyclic) bond motifs is 1. The van der Waals surface area contributed by atoms with Crippen molar-refractivity contribution in [1.82, 2.24) is 14.9 Å². The van der Waals surface area contributed by atoms with Crippen LogP contribution in [0.1, 0.15) is 43.4 Å². The molecule has 27 heavy (non-hydrogen) atoms. The van der Waals surface area contributed by atoms with Crippen LogP contribution in [0.15, 0.2) is 16.9 Å². The molecule has 0 saturated carbocycles. The number of ether oxygens (including phenoxy) is 2. The van der Waals surface area contributed by atoms with Crippen molar-refractivity contribution in [3.63, 3.8) is 0 Å². The van der Waals surface area contributed by atoms with Gasteiger partial charge in [0.25, 0.3) is 5.56 Å². The number of nitrogens with zero attached hydrogens (tertiary/aromatic N) is 2. The summed E-state index contributed by atoms with van der Waals surface area (Å²) >= 11 is 0. The number of hydrogen-bond donors (Lipinski definition) is 2. The predicted octanol–water partition coefficient (Wildman–Crippen LogP) is 2.35. The highest BCUT2D eigenvalue weighted by Gasteiger charge is 2.25. The van der Waals surface area contributed by atoms with Crippen LogP contribution >= 0.6 is 0 Å². The predicted molar refractivity (Wildman–Crippen MR) is 103 cm³/mol. The van der Waals surface area contributed by atoms with Gasteiger partial charge in [-0.25, -0.2) is 4.98 Å². The standard InChI is InChI=1S/C20H27N3O4/c1-20(2,3)19-21-14-11-23(7-6-13(14)18(25)22-19)10-12-8-15(24)17(27-5)16(9-12)26-4/h8-9,24H,6-7,10-11H2,1-5H3,(H,21,22,25). The van der Waals surface area contributed by atoms with Gasteiger partial charge in [-0.2, -0.15) is 0 Å². The molecule has 1 aromatic heterocycles. The molecule has 3 rings (SSSR count). The lowest BCUT2D eigenvalue weighted by atomic mass is 9.95. The Labute approximate surface area is 159 Å². The van der Waals surface area contributed by atoms with E-state index in [0.29, 0.717) is 36.8 Å². The molecule has 2 aromatic rings. The molecule has 7 nitrogen and oxygen atoms in total. The van der Waals surface area contributed by atoms with Gasteiger partial charge in [0, 0.05) is 30.6 Å². The number of aromatic nitrogens is 2.